The van der Waals surface area contributed by atoms with Crippen molar-refractivity contribution in [2.45, 2.75) is 19.4 Å². The van der Waals surface area contributed by atoms with Gasteiger partial charge in [-0.1, -0.05) is 30.3 Å². The van der Waals surface area contributed by atoms with Gasteiger partial charge in [-0.3, -0.25) is 4.79 Å². The van der Waals surface area contributed by atoms with E-state index in [1.165, 1.54) is 0 Å². The maximum atomic E-state index is 10.6. The Kier molecular flexibility index (Phi) is 4.38. The van der Waals surface area contributed by atoms with E-state index >= 15 is 0 Å². The molecule has 1 atom stereocenters. The van der Waals surface area contributed by atoms with Gasteiger partial charge in [0.25, 0.3) is 0 Å². The molecule has 0 heterocycles. The fourth-order valence-electron chi connectivity index (χ4n) is 1.89. The van der Waals surface area contributed by atoms with Gasteiger partial charge in [-0.2, -0.15) is 0 Å². The van der Waals surface area contributed by atoms with Gasteiger partial charge < -0.3 is 15.6 Å². The predicted molar refractivity (Wildman–Crippen MR) is 76.9 cm³/mol. The normalized spacial score (nSPS) is 11.9. The van der Waals surface area contributed by atoms with E-state index in [-0.39, 0.29) is 6.42 Å². The highest BCUT2D eigenvalue weighted by molar-refractivity contribution is 5.67. The molecule has 0 aliphatic heterocycles. The quantitative estimate of drug-likeness (QED) is 0.875. The number of para-hydroxylation sites is 1. The summed E-state index contributed by atoms with van der Waals surface area (Å²) in [6.45, 7) is 1.98. The Morgan fingerprint density at radius 3 is 2.45 bits per heavy atom. The van der Waals surface area contributed by atoms with Crippen LogP contribution in [0, 0.1) is 6.92 Å². The Labute approximate surface area is 117 Å². The summed E-state index contributed by atoms with van der Waals surface area (Å²) in [6.07, 6.45) is -0.0853. The number of carboxylic acid groups (broad SMARTS) is 1. The number of aliphatic carboxylic acids is 1. The molecule has 4 heteroatoms. The first-order valence-electron chi connectivity index (χ1n) is 6.37. The lowest BCUT2D eigenvalue weighted by Gasteiger charge is -2.11. The molecular weight excluding hydrogens is 254 g/mol. The lowest BCUT2D eigenvalue weighted by atomic mass is 10.0. The summed E-state index contributed by atoms with van der Waals surface area (Å²) in [5.74, 6) is 0.596. The van der Waals surface area contributed by atoms with Crippen LogP contribution in [0.25, 0.3) is 0 Å². The molecule has 4 nitrogen and oxygen atoms in total. The second kappa shape index (κ2) is 6.21. The summed E-state index contributed by atoms with van der Waals surface area (Å²) < 4.78 is 5.77. The smallest absolute Gasteiger partial charge is 0.305 e. The minimum atomic E-state index is -0.905. The van der Waals surface area contributed by atoms with Crippen LogP contribution < -0.4 is 10.5 Å². The molecule has 104 valence electrons. The summed E-state index contributed by atoms with van der Waals surface area (Å²) in [5, 5.41) is 8.72. The molecule has 20 heavy (non-hydrogen) atoms. The first-order valence-corrected chi connectivity index (χ1v) is 6.37. The van der Waals surface area contributed by atoms with E-state index in [0.29, 0.717) is 5.75 Å². The summed E-state index contributed by atoms with van der Waals surface area (Å²) in [6, 6.07) is 14.4. The average Bonchev–Trinajstić information content (AvgIpc) is 2.41. The van der Waals surface area contributed by atoms with Crippen LogP contribution in [0.15, 0.2) is 48.5 Å². The molecule has 0 aliphatic rings. The predicted octanol–water partition coefficient (Wildman–Crippen LogP) is 3.26. The number of rotatable bonds is 5. The molecule has 0 aliphatic carbocycles. The summed E-state index contributed by atoms with van der Waals surface area (Å²) in [4.78, 5) is 10.6. The second-order valence-corrected chi connectivity index (χ2v) is 4.64. The minimum absolute atomic E-state index is 0.0853. The summed E-state index contributed by atoms with van der Waals surface area (Å²) in [7, 11) is 0. The highest BCUT2D eigenvalue weighted by Crippen LogP contribution is 2.26. The van der Waals surface area contributed by atoms with Crippen molar-refractivity contribution in [3.8, 4) is 11.5 Å². The zero-order chi connectivity index (χ0) is 14.5. The molecule has 1 unspecified atom stereocenters. The Bertz CT molecular complexity index is 593. The van der Waals surface area contributed by atoms with Crippen LogP contribution >= 0.6 is 0 Å². The van der Waals surface area contributed by atoms with E-state index in [4.69, 9.17) is 15.6 Å². The summed E-state index contributed by atoms with van der Waals surface area (Å²) >= 11 is 0. The zero-order valence-electron chi connectivity index (χ0n) is 11.2. The minimum Gasteiger partial charge on any atom is -0.481 e. The van der Waals surface area contributed by atoms with Crippen LogP contribution in [0.4, 0.5) is 0 Å². The molecule has 2 rings (SSSR count). The topological polar surface area (TPSA) is 72.5 Å². The molecule has 0 saturated carbocycles. The summed E-state index contributed by atoms with van der Waals surface area (Å²) in [5.41, 5.74) is 7.64. The number of hydrogen-bond donors (Lipinski definition) is 2. The van der Waals surface area contributed by atoms with Crippen LogP contribution in [0.5, 0.6) is 11.5 Å². The molecule has 0 spiro atoms. The Morgan fingerprint density at radius 1 is 1.20 bits per heavy atom. The number of benzene rings is 2. The average molecular weight is 271 g/mol. The van der Waals surface area contributed by atoms with Crippen molar-refractivity contribution in [1.82, 2.24) is 0 Å². The third kappa shape index (κ3) is 3.59. The third-order valence-electron chi connectivity index (χ3n) is 3.02. The second-order valence-electron chi connectivity index (χ2n) is 4.64. The van der Waals surface area contributed by atoms with Crippen molar-refractivity contribution < 1.29 is 14.6 Å². The number of carboxylic acids is 1. The SMILES string of the molecule is Cc1ccccc1Oc1ccc(C(N)CC(=O)O)cc1. The lowest BCUT2D eigenvalue weighted by Crippen LogP contribution is -2.14. The highest BCUT2D eigenvalue weighted by Gasteiger charge is 2.10. The molecule has 0 amide bonds. The van der Waals surface area contributed by atoms with E-state index < -0.39 is 12.0 Å². The Morgan fingerprint density at radius 2 is 1.85 bits per heavy atom. The van der Waals surface area contributed by atoms with Gasteiger partial charge in [0.1, 0.15) is 11.5 Å². The molecule has 3 N–H and O–H groups in total. The van der Waals surface area contributed by atoms with Crippen molar-refractivity contribution in [2.24, 2.45) is 5.73 Å². The number of hydrogen-bond acceptors (Lipinski definition) is 3. The van der Waals surface area contributed by atoms with Crippen molar-refractivity contribution >= 4 is 5.97 Å². The maximum Gasteiger partial charge on any atom is 0.305 e. The van der Waals surface area contributed by atoms with E-state index in [2.05, 4.69) is 0 Å². The molecule has 0 radical (unpaired) electrons. The van der Waals surface area contributed by atoms with Gasteiger partial charge in [0.2, 0.25) is 0 Å². The molecule has 0 aromatic heterocycles. The van der Waals surface area contributed by atoms with Crippen LogP contribution in [0.1, 0.15) is 23.6 Å². The first kappa shape index (κ1) is 14.1. The number of aryl methyl sites for hydroxylation is 1. The Hall–Kier alpha value is -2.33. The largest absolute Gasteiger partial charge is 0.481 e. The van der Waals surface area contributed by atoms with Crippen LogP contribution in [-0.2, 0) is 4.79 Å². The number of carbonyl (C=O) groups is 1. The van der Waals surface area contributed by atoms with Gasteiger partial charge in [-0.15, -0.1) is 0 Å². The van der Waals surface area contributed by atoms with E-state index in [1.54, 1.807) is 24.3 Å². The van der Waals surface area contributed by atoms with Crippen molar-refractivity contribution in [3.05, 3.63) is 59.7 Å². The molecule has 2 aromatic carbocycles. The van der Waals surface area contributed by atoms with E-state index in [1.807, 2.05) is 31.2 Å². The van der Waals surface area contributed by atoms with Gasteiger partial charge >= 0.3 is 5.97 Å². The van der Waals surface area contributed by atoms with Crippen molar-refractivity contribution in [3.63, 3.8) is 0 Å². The van der Waals surface area contributed by atoms with Gasteiger partial charge in [-0.05, 0) is 36.2 Å². The Balaban J connectivity index is 2.09. The standard InChI is InChI=1S/C16H17NO3/c1-11-4-2-3-5-15(11)20-13-8-6-12(7-9-13)14(17)10-16(18)19/h2-9,14H,10,17H2,1H3,(H,18,19). The molecule has 0 fully saturated rings. The van der Waals surface area contributed by atoms with Gasteiger partial charge in [0, 0.05) is 6.04 Å². The fourth-order valence-corrected chi connectivity index (χ4v) is 1.89. The monoisotopic (exact) mass is 271 g/mol. The zero-order valence-corrected chi connectivity index (χ0v) is 11.2. The number of ether oxygens (including phenoxy) is 1. The van der Waals surface area contributed by atoms with Crippen molar-refractivity contribution in [2.75, 3.05) is 0 Å². The molecule has 0 saturated heterocycles. The fraction of sp³-hybridized carbons (Fsp3) is 0.188. The number of nitrogens with two attached hydrogens (primary N) is 1. The van der Waals surface area contributed by atoms with E-state index in [9.17, 15) is 4.79 Å². The van der Waals surface area contributed by atoms with E-state index in [0.717, 1.165) is 16.9 Å². The van der Waals surface area contributed by atoms with Crippen LogP contribution in [0.3, 0.4) is 0 Å². The lowest BCUT2D eigenvalue weighted by molar-refractivity contribution is -0.137. The first-order chi connectivity index (χ1) is 9.56. The van der Waals surface area contributed by atoms with Gasteiger partial charge in [0.05, 0.1) is 6.42 Å². The maximum absolute atomic E-state index is 10.6. The van der Waals surface area contributed by atoms with Crippen LogP contribution in [-0.4, -0.2) is 11.1 Å². The van der Waals surface area contributed by atoms with Gasteiger partial charge in [-0.25, -0.2) is 0 Å². The highest BCUT2D eigenvalue weighted by atomic mass is 16.5. The third-order valence-corrected chi connectivity index (χ3v) is 3.02. The van der Waals surface area contributed by atoms with Gasteiger partial charge in [0.15, 0.2) is 0 Å². The molecular formula is C16H17NO3. The molecule has 0 bridgehead atoms. The molecule has 2 aromatic rings. The van der Waals surface area contributed by atoms with Crippen molar-refractivity contribution in [1.29, 1.82) is 0 Å². The van der Waals surface area contributed by atoms with Crippen LogP contribution in [0.2, 0.25) is 0 Å².